The van der Waals surface area contributed by atoms with E-state index in [-0.39, 0.29) is 6.61 Å². The molecular formula is C29H31N5OS. The molecule has 5 aromatic rings. The van der Waals surface area contributed by atoms with Crippen LogP contribution in [0.1, 0.15) is 23.6 Å². The van der Waals surface area contributed by atoms with E-state index in [1.807, 2.05) is 11.7 Å². The van der Waals surface area contributed by atoms with Gasteiger partial charge in [0, 0.05) is 37.2 Å². The number of benzene rings is 3. The second kappa shape index (κ2) is 10.3. The van der Waals surface area contributed by atoms with E-state index in [1.165, 1.54) is 32.7 Å². The van der Waals surface area contributed by atoms with Gasteiger partial charge in [-0.25, -0.2) is 4.98 Å². The maximum atomic E-state index is 7.57. The molecule has 0 fully saturated rings. The second-order valence-corrected chi connectivity index (χ2v) is 9.82. The van der Waals surface area contributed by atoms with Gasteiger partial charge < -0.3 is 15.4 Å². The molecule has 3 heterocycles. The van der Waals surface area contributed by atoms with Crippen LogP contribution in [0.2, 0.25) is 0 Å². The van der Waals surface area contributed by atoms with Crippen LogP contribution in [0.3, 0.4) is 0 Å². The fourth-order valence-corrected chi connectivity index (χ4v) is 5.16. The van der Waals surface area contributed by atoms with Crippen LogP contribution < -0.4 is 5.32 Å². The Morgan fingerprint density at radius 3 is 2.36 bits per heavy atom. The lowest BCUT2D eigenvalue weighted by atomic mass is 9.99. The van der Waals surface area contributed by atoms with Gasteiger partial charge in [-0.05, 0) is 78.3 Å². The van der Waals surface area contributed by atoms with Crippen LogP contribution in [0.4, 0.5) is 0 Å². The minimum Gasteiger partial charge on any atom is -0.397 e. The summed E-state index contributed by atoms with van der Waals surface area (Å²) < 4.78 is 1.90. The molecule has 6 rings (SSSR count). The Hall–Kier alpha value is -3.39. The van der Waals surface area contributed by atoms with Gasteiger partial charge >= 0.3 is 0 Å². The van der Waals surface area contributed by atoms with Gasteiger partial charge in [0.25, 0.3) is 0 Å². The summed E-state index contributed by atoms with van der Waals surface area (Å²) in [4.78, 5) is 9.64. The smallest absolute Gasteiger partial charge is 0.156 e. The van der Waals surface area contributed by atoms with E-state index in [9.17, 15) is 0 Å². The van der Waals surface area contributed by atoms with Gasteiger partial charge in [0.15, 0.2) is 5.82 Å². The molecule has 2 aromatic heterocycles. The molecule has 3 aromatic carbocycles. The van der Waals surface area contributed by atoms with Crippen molar-refractivity contribution >= 4 is 22.8 Å². The number of aryl methyl sites for hydroxylation is 2. The lowest BCUT2D eigenvalue weighted by Crippen LogP contribution is -1.99. The molecule has 6 nitrogen and oxygen atoms in total. The zero-order valence-corrected chi connectivity index (χ0v) is 21.9. The highest BCUT2D eigenvalue weighted by Crippen LogP contribution is 2.31. The number of aromatic nitrogens is 4. The number of hydrogen-bond donors (Lipinski definition) is 3. The predicted molar refractivity (Wildman–Crippen MR) is 149 cm³/mol. The third-order valence-corrected chi connectivity index (χ3v) is 7.21. The molecule has 0 aliphatic carbocycles. The SMILES string of the molecule is CCO.CSc1ccc(-c2ccc(-c3cc(-c4nc5cc6c(cc5[nH]4)CNC6)n(C)n3)cc2)c(C)c1. The molecule has 36 heavy (non-hydrogen) atoms. The molecule has 0 radical (unpaired) electrons. The molecule has 7 heteroatoms. The Balaban J connectivity index is 0.000000848. The molecule has 0 unspecified atom stereocenters. The minimum atomic E-state index is 0.250. The number of fused-ring (bicyclic) bond motifs is 2. The number of aliphatic hydroxyl groups is 1. The van der Waals surface area contributed by atoms with E-state index < -0.39 is 0 Å². The third-order valence-electron chi connectivity index (χ3n) is 6.48. The van der Waals surface area contributed by atoms with Crippen LogP contribution in [0.15, 0.2) is 65.6 Å². The average molecular weight is 498 g/mol. The summed E-state index contributed by atoms with van der Waals surface area (Å²) in [6.07, 6.45) is 2.11. The van der Waals surface area contributed by atoms with Crippen LogP contribution in [0.25, 0.3) is 44.9 Å². The largest absolute Gasteiger partial charge is 0.397 e. The Morgan fingerprint density at radius 2 is 1.67 bits per heavy atom. The van der Waals surface area contributed by atoms with Crippen molar-refractivity contribution in [1.29, 1.82) is 0 Å². The summed E-state index contributed by atoms with van der Waals surface area (Å²) in [6.45, 7) is 5.94. The number of hydrogen-bond acceptors (Lipinski definition) is 5. The van der Waals surface area contributed by atoms with Crippen LogP contribution in [0.5, 0.6) is 0 Å². The maximum absolute atomic E-state index is 7.57. The number of nitrogens with one attached hydrogen (secondary N) is 2. The van der Waals surface area contributed by atoms with Gasteiger partial charge in [0.1, 0.15) is 5.69 Å². The minimum absolute atomic E-state index is 0.250. The normalized spacial score (nSPS) is 12.5. The lowest BCUT2D eigenvalue weighted by molar-refractivity contribution is 0.318. The number of nitrogens with zero attached hydrogens (tertiary/aromatic N) is 3. The Kier molecular flexibility index (Phi) is 6.96. The maximum Gasteiger partial charge on any atom is 0.156 e. The van der Waals surface area contributed by atoms with E-state index in [1.54, 1.807) is 18.7 Å². The van der Waals surface area contributed by atoms with Crippen molar-refractivity contribution in [3.8, 4) is 33.9 Å². The summed E-state index contributed by atoms with van der Waals surface area (Å²) >= 11 is 1.77. The van der Waals surface area contributed by atoms with Crippen LogP contribution in [-0.2, 0) is 20.1 Å². The van der Waals surface area contributed by atoms with Crippen molar-refractivity contribution in [2.45, 2.75) is 31.8 Å². The second-order valence-electron chi connectivity index (χ2n) is 8.94. The summed E-state index contributed by atoms with van der Waals surface area (Å²) in [5.41, 5.74) is 11.6. The van der Waals surface area contributed by atoms with Gasteiger partial charge in [0.2, 0.25) is 0 Å². The van der Waals surface area contributed by atoms with Crippen LogP contribution in [-0.4, -0.2) is 37.7 Å². The first-order valence-corrected chi connectivity index (χ1v) is 13.4. The first kappa shape index (κ1) is 24.3. The Bertz CT molecular complexity index is 1480. The van der Waals surface area contributed by atoms with E-state index in [0.717, 1.165) is 46.9 Å². The highest BCUT2D eigenvalue weighted by molar-refractivity contribution is 7.98. The van der Waals surface area contributed by atoms with Gasteiger partial charge in [-0.15, -0.1) is 11.8 Å². The van der Waals surface area contributed by atoms with Crippen LogP contribution >= 0.6 is 11.8 Å². The molecule has 0 bridgehead atoms. The number of thioether (sulfide) groups is 1. The zero-order valence-electron chi connectivity index (χ0n) is 21.1. The van der Waals surface area contributed by atoms with Gasteiger partial charge in [-0.1, -0.05) is 30.3 Å². The first-order valence-electron chi connectivity index (χ1n) is 12.1. The molecule has 3 N–H and O–H groups in total. The molecule has 0 amide bonds. The van der Waals surface area contributed by atoms with Crippen molar-refractivity contribution in [2.24, 2.45) is 7.05 Å². The number of imidazole rings is 1. The molecule has 0 spiro atoms. The molecule has 1 aliphatic rings. The van der Waals surface area contributed by atoms with E-state index in [0.29, 0.717) is 0 Å². The first-order chi connectivity index (χ1) is 17.5. The summed E-state index contributed by atoms with van der Waals surface area (Å²) in [7, 11) is 1.97. The van der Waals surface area contributed by atoms with E-state index >= 15 is 0 Å². The number of aliphatic hydroxyl groups excluding tert-OH is 1. The zero-order chi connectivity index (χ0) is 25.2. The standard InChI is InChI=1S/C27H25N5S.C2H6O/c1-16-10-21(33-3)8-9-22(16)17-4-6-18(7-5-17)23-13-26(32(2)31-23)27-29-24-11-19-14-28-15-20(19)12-25(24)30-27;1-2-3/h4-13,28H,14-15H2,1-3H3,(H,29,30);3H,2H2,1H3. The highest BCUT2D eigenvalue weighted by atomic mass is 32.2. The fourth-order valence-electron chi connectivity index (χ4n) is 4.66. The summed E-state index contributed by atoms with van der Waals surface area (Å²) in [6, 6.07) is 21.8. The fraction of sp³-hybridized carbons (Fsp3) is 0.241. The highest BCUT2D eigenvalue weighted by Gasteiger charge is 2.16. The van der Waals surface area contributed by atoms with Crippen molar-refractivity contribution in [3.63, 3.8) is 0 Å². The molecule has 0 atom stereocenters. The van der Waals surface area contributed by atoms with Gasteiger partial charge in [0.05, 0.1) is 16.7 Å². The molecule has 0 saturated heterocycles. The Morgan fingerprint density at radius 1 is 0.972 bits per heavy atom. The van der Waals surface area contributed by atoms with Crippen molar-refractivity contribution < 1.29 is 5.11 Å². The summed E-state index contributed by atoms with van der Waals surface area (Å²) in [5, 5.41) is 15.7. The summed E-state index contributed by atoms with van der Waals surface area (Å²) in [5.74, 6) is 0.851. The third kappa shape index (κ3) is 4.69. The predicted octanol–water partition coefficient (Wildman–Crippen LogP) is 5.93. The monoisotopic (exact) mass is 497 g/mol. The molecule has 184 valence electrons. The van der Waals surface area contributed by atoms with Crippen LogP contribution in [0, 0.1) is 6.92 Å². The van der Waals surface area contributed by atoms with Gasteiger partial charge in [-0.3, -0.25) is 4.68 Å². The topological polar surface area (TPSA) is 78.8 Å². The van der Waals surface area contributed by atoms with Gasteiger partial charge in [-0.2, -0.15) is 5.10 Å². The average Bonchev–Trinajstić information content (AvgIpc) is 3.60. The number of rotatable bonds is 4. The van der Waals surface area contributed by atoms with Crippen molar-refractivity contribution in [1.82, 2.24) is 25.1 Å². The van der Waals surface area contributed by atoms with E-state index in [4.69, 9.17) is 15.2 Å². The number of aromatic amines is 1. The number of H-pyrrole nitrogens is 1. The van der Waals surface area contributed by atoms with Crippen molar-refractivity contribution in [3.05, 3.63) is 77.4 Å². The Labute approximate surface area is 215 Å². The molecular weight excluding hydrogens is 466 g/mol. The molecule has 1 aliphatic heterocycles. The quantitative estimate of drug-likeness (QED) is 0.268. The lowest BCUT2D eigenvalue weighted by Gasteiger charge is -2.08. The molecule has 0 saturated carbocycles. The van der Waals surface area contributed by atoms with E-state index in [2.05, 4.69) is 84.1 Å². The van der Waals surface area contributed by atoms with Crippen molar-refractivity contribution in [2.75, 3.05) is 12.9 Å².